The molecule has 1 saturated carbocycles. The first-order chi connectivity index (χ1) is 8.43. The van der Waals surface area contributed by atoms with Crippen LogP contribution < -0.4 is 0 Å². The Morgan fingerprint density at radius 2 is 2.12 bits per heavy atom. The Morgan fingerprint density at radius 1 is 1.18 bits per heavy atom. The van der Waals surface area contributed by atoms with Gasteiger partial charge in [-0.25, -0.2) is 4.99 Å². The van der Waals surface area contributed by atoms with Gasteiger partial charge in [-0.05, 0) is 31.6 Å². The summed E-state index contributed by atoms with van der Waals surface area (Å²) in [6.45, 7) is 1.98. The average Bonchev–Trinajstić information content (AvgIpc) is 2.86. The van der Waals surface area contributed by atoms with E-state index in [4.69, 9.17) is 4.99 Å². The van der Waals surface area contributed by atoms with Gasteiger partial charge in [-0.1, -0.05) is 12.8 Å². The zero-order chi connectivity index (χ0) is 11.2. The lowest BCUT2D eigenvalue weighted by molar-refractivity contribution is 0.241. The second kappa shape index (κ2) is 3.69. The second-order valence-corrected chi connectivity index (χ2v) is 5.70. The SMILES string of the molecule is C1=NC2=C(CC[C@H]3CCCC[C@H]23)C2=NCCN12. The lowest BCUT2D eigenvalue weighted by Gasteiger charge is -2.39. The Bertz CT molecular complexity index is 433. The van der Waals surface area contributed by atoms with Crippen LogP contribution in [0.25, 0.3) is 0 Å². The van der Waals surface area contributed by atoms with E-state index < -0.39 is 0 Å². The van der Waals surface area contributed by atoms with Crippen molar-refractivity contribution in [1.82, 2.24) is 4.90 Å². The first kappa shape index (κ1) is 9.86. The maximum atomic E-state index is 4.78. The molecule has 90 valence electrons. The molecule has 2 atom stereocenters. The fourth-order valence-electron chi connectivity index (χ4n) is 3.97. The third kappa shape index (κ3) is 1.41. The standard InChI is InChI=1S/C14H19N3/c1-2-4-11-10(3-1)5-6-12-13(11)16-9-17-8-7-15-14(12)17/h9-11H,1-8H2/t10-,11+/m1/s1. The molecule has 1 fully saturated rings. The molecule has 17 heavy (non-hydrogen) atoms. The van der Waals surface area contributed by atoms with Crippen molar-refractivity contribution in [2.75, 3.05) is 13.1 Å². The molecular formula is C14H19N3. The van der Waals surface area contributed by atoms with Gasteiger partial charge in [0.05, 0.1) is 18.6 Å². The summed E-state index contributed by atoms with van der Waals surface area (Å²) >= 11 is 0. The highest BCUT2D eigenvalue weighted by Crippen LogP contribution is 2.45. The molecule has 0 aromatic carbocycles. The highest BCUT2D eigenvalue weighted by molar-refractivity contribution is 6.07. The molecular weight excluding hydrogens is 210 g/mol. The van der Waals surface area contributed by atoms with Crippen LogP contribution in [0.5, 0.6) is 0 Å². The van der Waals surface area contributed by atoms with Gasteiger partial charge in [0.25, 0.3) is 0 Å². The molecule has 0 radical (unpaired) electrons. The maximum absolute atomic E-state index is 4.78. The molecule has 0 amide bonds. The van der Waals surface area contributed by atoms with E-state index >= 15 is 0 Å². The molecule has 0 spiro atoms. The van der Waals surface area contributed by atoms with Gasteiger partial charge < -0.3 is 4.90 Å². The van der Waals surface area contributed by atoms with Gasteiger partial charge in [0.1, 0.15) is 5.84 Å². The van der Waals surface area contributed by atoms with Crippen molar-refractivity contribution >= 4 is 12.2 Å². The number of hydrogen-bond acceptors (Lipinski definition) is 3. The van der Waals surface area contributed by atoms with Crippen LogP contribution in [0.2, 0.25) is 0 Å². The Hall–Kier alpha value is -1.12. The van der Waals surface area contributed by atoms with Gasteiger partial charge in [-0.15, -0.1) is 0 Å². The largest absolute Gasteiger partial charge is 0.315 e. The average molecular weight is 229 g/mol. The van der Waals surface area contributed by atoms with Crippen molar-refractivity contribution in [3.63, 3.8) is 0 Å². The third-order valence-electron chi connectivity index (χ3n) is 4.82. The highest BCUT2D eigenvalue weighted by atomic mass is 15.3. The molecule has 3 nitrogen and oxygen atoms in total. The molecule has 2 aliphatic carbocycles. The van der Waals surface area contributed by atoms with Gasteiger partial charge in [-0.2, -0.15) is 0 Å². The van der Waals surface area contributed by atoms with Crippen LogP contribution in [0.4, 0.5) is 0 Å². The molecule has 4 aliphatic rings. The van der Waals surface area contributed by atoms with Gasteiger partial charge in [0.2, 0.25) is 0 Å². The number of allylic oxidation sites excluding steroid dienone is 1. The van der Waals surface area contributed by atoms with Crippen LogP contribution in [-0.2, 0) is 0 Å². The zero-order valence-corrected chi connectivity index (χ0v) is 10.2. The molecule has 0 aromatic heterocycles. The molecule has 0 N–H and O–H groups in total. The summed E-state index contributed by atoms with van der Waals surface area (Å²) in [5.74, 6) is 2.90. The van der Waals surface area contributed by atoms with E-state index in [0.29, 0.717) is 0 Å². The molecule has 0 saturated heterocycles. The van der Waals surface area contributed by atoms with Crippen molar-refractivity contribution in [3.8, 4) is 0 Å². The summed E-state index contributed by atoms with van der Waals surface area (Å²) in [6.07, 6.45) is 10.2. The monoisotopic (exact) mass is 229 g/mol. The highest BCUT2D eigenvalue weighted by Gasteiger charge is 2.37. The van der Waals surface area contributed by atoms with Crippen molar-refractivity contribution in [1.29, 1.82) is 0 Å². The predicted molar refractivity (Wildman–Crippen MR) is 69.2 cm³/mol. The number of amidine groups is 1. The fourth-order valence-corrected chi connectivity index (χ4v) is 3.97. The van der Waals surface area contributed by atoms with Crippen LogP contribution >= 0.6 is 0 Å². The molecule has 0 unspecified atom stereocenters. The van der Waals surface area contributed by atoms with E-state index in [1.165, 1.54) is 55.6 Å². The summed E-state index contributed by atoms with van der Waals surface area (Å²) in [4.78, 5) is 11.7. The van der Waals surface area contributed by atoms with Gasteiger partial charge in [0.15, 0.2) is 0 Å². The van der Waals surface area contributed by atoms with E-state index in [1.807, 2.05) is 6.34 Å². The minimum atomic E-state index is 0.745. The first-order valence-electron chi connectivity index (χ1n) is 7.02. The molecule has 2 heterocycles. The first-order valence-corrected chi connectivity index (χ1v) is 7.02. The van der Waals surface area contributed by atoms with E-state index in [-0.39, 0.29) is 0 Å². The van der Waals surface area contributed by atoms with Gasteiger partial charge in [-0.3, -0.25) is 4.99 Å². The molecule has 3 heteroatoms. The minimum Gasteiger partial charge on any atom is -0.315 e. The number of rotatable bonds is 0. The number of aliphatic imine (C=N–C) groups is 2. The Kier molecular flexibility index (Phi) is 2.14. The second-order valence-electron chi connectivity index (χ2n) is 5.70. The Morgan fingerprint density at radius 3 is 3.12 bits per heavy atom. The van der Waals surface area contributed by atoms with Crippen LogP contribution in [0.3, 0.4) is 0 Å². The van der Waals surface area contributed by atoms with E-state index in [2.05, 4.69) is 9.89 Å². The Labute approximate surface area is 102 Å². The zero-order valence-electron chi connectivity index (χ0n) is 10.2. The van der Waals surface area contributed by atoms with E-state index in [1.54, 1.807) is 0 Å². The van der Waals surface area contributed by atoms with Crippen molar-refractivity contribution in [2.45, 2.75) is 38.5 Å². The molecule has 0 aromatic rings. The smallest absolute Gasteiger partial charge is 0.133 e. The number of fused-ring (bicyclic) bond motifs is 4. The molecule has 2 aliphatic heterocycles. The maximum Gasteiger partial charge on any atom is 0.133 e. The normalized spacial score (nSPS) is 35.3. The lowest BCUT2D eigenvalue weighted by Crippen LogP contribution is -2.36. The summed E-state index contributed by atoms with van der Waals surface area (Å²) in [7, 11) is 0. The third-order valence-corrected chi connectivity index (χ3v) is 4.82. The van der Waals surface area contributed by atoms with Gasteiger partial charge >= 0.3 is 0 Å². The van der Waals surface area contributed by atoms with Crippen LogP contribution in [0.15, 0.2) is 21.3 Å². The van der Waals surface area contributed by atoms with Crippen LogP contribution in [0, 0.1) is 11.8 Å². The van der Waals surface area contributed by atoms with Crippen molar-refractivity contribution in [3.05, 3.63) is 11.3 Å². The van der Waals surface area contributed by atoms with E-state index in [9.17, 15) is 0 Å². The van der Waals surface area contributed by atoms with Crippen LogP contribution in [-0.4, -0.2) is 30.2 Å². The Balaban J connectivity index is 1.75. The predicted octanol–water partition coefficient (Wildman–Crippen LogP) is 2.60. The quantitative estimate of drug-likeness (QED) is 0.627. The van der Waals surface area contributed by atoms with E-state index in [0.717, 1.165) is 24.9 Å². The summed E-state index contributed by atoms with van der Waals surface area (Å²) in [5.41, 5.74) is 2.88. The number of nitrogens with zero attached hydrogens (tertiary/aromatic N) is 3. The fraction of sp³-hybridized carbons (Fsp3) is 0.714. The van der Waals surface area contributed by atoms with Crippen molar-refractivity contribution in [2.24, 2.45) is 21.8 Å². The topological polar surface area (TPSA) is 28.0 Å². The number of hydrogen-bond donors (Lipinski definition) is 0. The summed E-state index contributed by atoms with van der Waals surface area (Å²) < 4.78 is 0. The minimum absolute atomic E-state index is 0.745. The summed E-state index contributed by atoms with van der Waals surface area (Å²) in [6, 6.07) is 0. The summed E-state index contributed by atoms with van der Waals surface area (Å²) in [5, 5.41) is 0. The molecule has 0 bridgehead atoms. The molecule has 4 rings (SSSR count). The van der Waals surface area contributed by atoms with Crippen LogP contribution in [0.1, 0.15) is 38.5 Å². The lowest BCUT2D eigenvalue weighted by atomic mass is 9.70. The van der Waals surface area contributed by atoms with Gasteiger partial charge in [0, 0.05) is 18.0 Å². The van der Waals surface area contributed by atoms with Crippen molar-refractivity contribution < 1.29 is 0 Å².